The fourth-order valence-corrected chi connectivity index (χ4v) is 4.95. The molecule has 0 fully saturated rings. The van der Waals surface area contributed by atoms with Gasteiger partial charge in [-0.3, -0.25) is 0 Å². The number of rotatable bonds is 2. The SMILES string of the molecule is [2H]c1c([2H])c([2H])c(-c2cc3c4ccccc4n(-c4cccc(C)c4)c3c3oc4ccccc4c23)c([2H])c1[2H]. The van der Waals surface area contributed by atoms with Crippen molar-refractivity contribution in [3.8, 4) is 16.8 Å². The molecule has 0 N–H and O–H groups in total. The van der Waals surface area contributed by atoms with E-state index in [2.05, 4.69) is 35.8 Å². The molecule has 2 heteroatoms. The number of aromatic nitrogens is 1. The molecule has 7 rings (SSSR count). The van der Waals surface area contributed by atoms with E-state index in [0.717, 1.165) is 43.8 Å². The second-order valence-corrected chi connectivity index (χ2v) is 8.31. The number of furan rings is 1. The minimum Gasteiger partial charge on any atom is -0.454 e. The summed E-state index contributed by atoms with van der Waals surface area (Å²) in [4.78, 5) is 0. The highest BCUT2D eigenvalue weighted by Gasteiger charge is 2.22. The van der Waals surface area contributed by atoms with Crippen molar-refractivity contribution in [2.75, 3.05) is 0 Å². The van der Waals surface area contributed by atoms with E-state index < -0.39 is 6.04 Å². The average molecular weight is 429 g/mol. The standard InChI is InChI=1S/C31H21NO/c1-20-10-9-13-22(18-20)32-27-16-7-5-14-23(27)26-19-25(21-11-3-2-4-12-21)29-24-15-6-8-17-28(24)33-31(29)30(26)32/h2-19H,1H3/i2D,3D,4D,11D,12D. The van der Waals surface area contributed by atoms with Crippen molar-refractivity contribution in [2.24, 2.45) is 0 Å². The molecule has 2 heterocycles. The van der Waals surface area contributed by atoms with Gasteiger partial charge in [-0.05, 0) is 53.9 Å². The molecule has 0 aliphatic carbocycles. The Kier molecular flexibility index (Phi) is 2.90. The summed E-state index contributed by atoms with van der Waals surface area (Å²) < 4.78 is 50.9. The van der Waals surface area contributed by atoms with Gasteiger partial charge in [-0.2, -0.15) is 0 Å². The van der Waals surface area contributed by atoms with Crippen molar-refractivity contribution in [3.05, 3.63) is 115 Å². The Hall–Kier alpha value is -4.30. The van der Waals surface area contributed by atoms with Crippen LogP contribution < -0.4 is 0 Å². The number of hydrogen-bond acceptors (Lipinski definition) is 1. The molecule has 0 saturated carbocycles. The molecule has 0 amide bonds. The molecule has 7 aromatic rings. The van der Waals surface area contributed by atoms with E-state index in [1.165, 1.54) is 0 Å². The molecular formula is C31H21NO. The zero-order valence-corrected chi connectivity index (χ0v) is 17.9. The van der Waals surface area contributed by atoms with E-state index in [1.54, 1.807) is 0 Å². The highest BCUT2D eigenvalue weighted by molar-refractivity contribution is 6.25. The molecule has 0 radical (unpaired) electrons. The van der Waals surface area contributed by atoms with Crippen LogP contribution in [0, 0.1) is 6.92 Å². The smallest absolute Gasteiger partial charge is 0.160 e. The summed E-state index contributed by atoms with van der Waals surface area (Å²) in [5.74, 6) is 0. The molecule has 0 aliphatic rings. The number of aryl methyl sites for hydroxylation is 1. The van der Waals surface area contributed by atoms with E-state index >= 15 is 0 Å². The highest BCUT2D eigenvalue weighted by atomic mass is 16.3. The van der Waals surface area contributed by atoms with Crippen LogP contribution in [0.2, 0.25) is 0 Å². The van der Waals surface area contributed by atoms with Crippen LogP contribution in [-0.4, -0.2) is 4.57 Å². The molecule has 156 valence electrons. The Morgan fingerprint density at radius 1 is 0.758 bits per heavy atom. The van der Waals surface area contributed by atoms with Gasteiger partial charge in [0.2, 0.25) is 0 Å². The third kappa shape index (κ3) is 2.61. The zero-order valence-electron chi connectivity index (χ0n) is 22.9. The summed E-state index contributed by atoms with van der Waals surface area (Å²) in [6, 6.07) is 24.4. The van der Waals surface area contributed by atoms with Crippen molar-refractivity contribution in [1.82, 2.24) is 4.57 Å². The third-order valence-electron chi connectivity index (χ3n) is 6.31. The fraction of sp³-hybridized carbons (Fsp3) is 0.0323. The van der Waals surface area contributed by atoms with Gasteiger partial charge >= 0.3 is 0 Å². The Morgan fingerprint density at radius 2 is 1.55 bits per heavy atom. The minimum atomic E-state index is -0.408. The van der Waals surface area contributed by atoms with Gasteiger partial charge in [0.15, 0.2) is 5.58 Å². The Bertz CT molecular complexity index is 2070. The monoisotopic (exact) mass is 428 g/mol. The second-order valence-electron chi connectivity index (χ2n) is 8.31. The molecular weight excluding hydrogens is 402 g/mol. The summed E-state index contributed by atoms with van der Waals surface area (Å²) in [6.45, 7) is 2.06. The molecule has 0 bridgehead atoms. The first-order chi connectivity index (χ1) is 18.4. The van der Waals surface area contributed by atoms with E-state index in [0.29, 0.717) is 16.7 Å². The minimum absolute atomic E-state index is 0.168. The van der Waals surface area contributed by atoms with Gasteiger partial charge in [-0.15, -0.1) is 0 Å². The van der Waals surface area contributed by atoms with Crippen LogP contribution in [0.5, 0.6) is 0 Å². The molecule has 0 spiro atoms. The summed E-state index contributed by atoms with van der Waals surface area (Å²) in [6.07, 6.45) is 0. The van der Waals surface area contributed by atoms with Gasteiger partial charge in [0.1, 0.15) is 5.58 Å². The summed E-state index contributed by atoms with van der Waals surface area (Å²) in [7, 11) is 0. The lowest BCUT2D eigenvalue weighted by molar-refractivity contribution is 0.671. The number of para-hydroxylation sites is 2. The van der Waals surface area contributed by atoms with Gasteiger partial charge in [-0.1, -0.05) is 78.7 Å². The Morgan fingerprint density at radius 3 is 2.39 bits per heavy atom. The normalized spacial score (nSPS) is 13.9. The van der Waals surface area contributed by atoms with Gasteiger partial charge < -0.3 is 8.98 Å². The van der Waals surface area contributed by atoms with Crippen LogP contribution in [0.1, 0.15) is 12.4 Å². The molecule has 0 atom stereocenters. The quantitative estimate of drug-likeness (QED) is 0.269. The Labute approximate surface area is 198 Å². The van der Waals surface area contributed by atoms with Crippen molar-refractivity contribution >= 4 is 43.7 Å². The summed E-state index contributed by atoms with van der Waals surface area (Å²) in [5, 5.41) is 3.42. The van der Waals surface area contributed by atoms with Crippen LogP contribution in [0.15, 0.2) is 113 Å². The molecule has 33 heavy (non-hydrogen) atoms. The lowest BCUT2D eigenvalue weighted by Crippen LogP contribution is -1.94. The van der Waals surface area contributed by atoms with Crippen molar-refractivity contribution < 1.29 is 11.3 Å². The molecule has 0 unspecified atom stereocenters. The lowest BCUT2D eigenvalue weighted by Gasteiger charge is -2.10. The maximum atomic E-state index is 8.74. The molecule has 0 aliphatic heterocycles. The topological polar surface area (TPSA) is 18.1 Å². The summed E-state index contributed by atoms with van der Waals surface area (Å²) >= 11 is 0. The van der Waals surface area contributed by atoms with Gasteiger partial charge in [0, 0.05) is 27.2 Å². The lowest BCUT2D eigenvalue weighted by atomic mass is 9.97. The van der Waals surface area contributed by atoms with Crippen molar-refractivity contribution in [2.45, 2.75) is 6.92 Å². The van der Waals surface area contributed by atoms with E-state index in [4.69, 9.17) is 11.3 Å². The van der Waals surface area contributed by atoms with E-state index in [-0.39, 0.29) is 29.7 Å². The van der Waals surface area contributed by atoms with Crippen LogP contribution >= 0.6 is 0 Å². The molecule has 2 nitrogen and oxygen atoms in total. The predicted octanol–water partition coefficient (Wildman–Crippen LogP) is 8.66. The number of hydrogen-bond donors (Lipinski definition) is 0. The zero-order chi connectivity index (χ0) is 26.3. The summed E-state index contributed by atoms with van der Waals surface area (Å²) in [5.41, 5.74) is 6.00. The number of nitrogens with zero attached hydrogens (tertiary/aromatic N) is 1. The largest absolute Gasteiger partial charge is 0.454 e. The first-order valence-electron chi connectivity index (χ1n) is 13.4. The highest BCUT2D eigenvalue weighted by Crippen LogP contribution is 2.44. The molecule has 2 aromatic heterocycles. The Balaban J connectivity index is 1.77. The third-order valence-corrected chi connectivity index (χ3v) is 6.31. The number of benzene rings is 5. The molecule has 5 aromatic carbocycles. The first-order valence-corrected chi connectivity index (χ1v) is 10.9. The fourth-order valence-electron chi connectivity index (χ4n) is 4.95. The van der Waals surface area contributed by atoms with Crippen molar-refractivity contribution in [1.29, 1.82) is 0 Å². The van der Waals surface area contributed by atoms with Gasteiger partial charge in [0.05, 0.1) is 17.9 Å². The maximum Gasteiger partial charge on any atom is 0.160 e. The second kappa shape index (κ2) is 6.85. The molecule has 0 saturated heterocycles. The number of fused-ring (bicyclic) bond motifs is 7. The first kappa shape index (κ1) is 14.0. The van der Waals surface area contributed by atoms with E-state index in [9.17, 15) is 0 Å². The van der Waals surface area contributed by atoms with Crippen molar-refractivity contribution in [3.63, 3.8) is 0 Å². The predicted molar refractivity (Wildman–Crippen MR) is 138 cm³/mol. The van der Waals surface area contributed by atoms with Gasteiger partial charge in [-0.25, -0.2) is 0 Å². The average Bonchev–Trinajstić information content (AvgIpc) is 3.47. The van der Waals surface area contributed by atoms with Gasteiger partial charge in [0.25, 0.3) is 0 Å². The van der Waals surface area contributed by atoms with Crippen LogP contribution in [0.25, 0.3) is 60.6 Å². The van der Waals surface area contributed by atoms with Crippen LogP contribution in [0.4, 0.5) is 0 Å². The van der Waals surface area contributed by atoms with E-state index in [1.807, 2.05) is 54.6 Å². The van der Waals surface area contributed by atoms with Crippen LogP contribution in [-0.2, 0) is 0 Å². The maximum absolute atomic E-state index is 8.74. The van der Waals surface area contributed by atoms with Crippen LogP contribution in [0.3, 0.4) is 0 Å².